The van der Waals surface area contributed by atoms with Gasteiger partial charge in [-0.2, -0.15) is 0 Å². The van der Waals surface area contributed by atoms with Crippen LogP contribution in [-0.2, 0) is 0 Å². The Balaban J connectivity index is 1.47. The van der Waals surface area contributed by atoms with E-state index < -0.39 is 0 Å². The molecule has 0 spiro atoms. The quantitative estimate of drug-likeness (QED) is 0.774. The zero-order valence-corrected chi connectivity index (χ0v) is 13.0. The van der Waals surface area contributed by atoms with E-state index in [2.05, 4.69) is 4.90 Å². The van der Waals surface area contributed by atoms with Gasteiger partial charge in [-0.3, -0.25) is 4.79 Å². The number of rotatable bonds is 4. The fraction of sp³-hybridized carbons (Fsp3) is 0.632. The molecule has 1 aliphatic heterocycles. The Labute approximate surface area is 128 Å². The molecule has 2 aliphatic rings. The predicted octanol–water partition coefficient (Wildman–Crippen LogP) is 4.16. The Morgan fingerprint density at radius 3 is 2.29 bits per heavy atom. The summed E-state index contributed by atoms with van der Waals surface area (Å²) in [6, 6.07) is 9.81. The van der Waals surface area contributed by atoms with Gasteiger partial charge in [-0.15, -0.1) is 0 Å². The number of piperidine rings is 1. The number of Topliss-reactive ketones (excluding diaryl/α,β-unsaturated/α-hetero) is 1. The van der Waals surface area contributed by atoms with Crippen LogP contribution in [0, 0.1) is 11.8 Å². The van der Waals surface area contributed by atoms with Crippen LogP contribution in [0.2, 0.25) is 0 Å². The number of benzene rings is 1. The molecular formula is C19H27NO. The topological polar surface area (TPSA) is 20.3 Å². The highest BCUT2D eigenvalue weighted by Gasteiger charge is 2.27. The third kappa shape index (κ3) is 3.94. The lowest BCUT2D eigenvalue weighted by Crippen LogP contribution is -2.39. The molecule has 1 aliphatic carbocycles. The molecule has 1 saturated carbocycles. The Kier molecular flexibility index (Phi) is 5.08. The van der Waals surface area contributed by atoms with Gasteiger partial charge in [-0.1, -0.05) is 49.6 Å². The van der Waals surface area contributed by atoms with Gasteiger partial charge < -0.3 is 4.90 Å². The van der Waals surface area contributed by atoms with Gasteiger partial charge in [0.05, 0.1) is 0 Å². The lowest BCUT2D eigenvalue weighted by Gasteiger charge is -2.34. The maximum Gasteiger partial charge on any atom is 0.166 e. The fourth-order valence-corrected chi connectivity index (χ4v) is 3.95. The highest BCUT2D eigenvalue weighted by atomic mass is 16.1. The summed E-state index contributed by atoms with van der Waals surface area (Å²) in [6.07, 6.45) is 9.21. The number of hydrogen-bond acceptors (Lipinski definition) is 2. The van der Waals surface area contributed by atoms with E-state index in [0.717, 1.165) is 37.4 Å². The highest BCUT2D eigenvalue weighted by molar-refractivity contribution is 5.97. The van der Waals surface area contributed by atoms with Gasteiger partial charge in [0, 0.05) is 18.0 Å². The van der Waals surface area contributed by atoms with E-state index in [9.17, 15) is 4.79 Å². The Morgan fingerprint density at radius 2 is 1.62 bits per heavy atom. The van der Waals surface area contributed by atoms with Crippen molar-refractivity contribution in [2.24, 2.45) is 11.8 Å². The molecule has 114 valence electrons. The van der Waals surface area contributed by atoms with E-state index in [1.807, 2.05) is 30.3 Å². The monoisotopic (exact) mass is 285 g/mol. The number of ketones is 1. The molecule has 3 rings (SSSR count). The lowest BCUT2D eigenvalue weighted by molar-refractivity contribution is 0.0817. The molecule has 2 fully saturated rings. The summed E-state index contributed by atoms with van der Waals surface area (Å²) in [5.41, 5.74) is 0.892. The van der Waals surface area contributed by atoms with Gasteiger partial charge >= 0.3 is 0 Å². The molecule has 0 amide bonds. The zero-order chi connectivity index (χ0) is 14.5. The van der Waals surface area contributed by atoms with E-state index in [1.54, 1.807) is 0 Å². The largest absolute Gasteiger partial charge is 0.303 e. The molecule has 1 aromatic rings. The Bertz CT molecular complexity index is 442. The minimum absolute atomic E-state index is 0.245. The van der Waals surface area contributed by atoms with Crippen LogP contribution >= 0.6 is 0 Å². The van der Waals surface area contributed by atoms with Crippen LogP contribution in [0.25, 0.3) is 0 Å². The second-order valence-corrected chi connectivity index (χ2v) is 6.81. The number of likely N-dealkylation sites (tertiary alicyclic amines) is 1. The molecule has 1 aromatic carbocycles. The first kappa shape index (κ1) is 14.8. The summed E-state index contributed by atoms with van der Waals surface area (Å²) in [5, 5.41) is 0. The van der Waals surface area contributed by atoms with E-state index >= 15 is 0 Å². The third-order valence-corrected chi connectivity index (χ3v) is 5.26. The van der Waals surface area contributed by atoms with E-state index in [4.69, 9.17) is 0 Å². The van der Waals surface area contributed by atoms with E-state index in [-0.39, 0.29) is 5.92 Å². The molecule has 0 aromatic heterocycles. The minimum Gasteiger partial charge on any atom is -0.303 e. The molecule has 0 unspecified atom stereocenters. The third-order valence-electron chi connectivity index (χ3n) is 5.26. The summed E-state index contributed by atoms with van der Waals surface area (Å²) in [6.45, 7) is 3.49. The average molecular weight is 285 g/mol. The first-order chi connectivity index (χ1) is 10.3. The van der Waals surface area contributed by atoms with Crippen molar-refractivity contribution in [2.75, 3.05) is 19.6 Å². The SMILES string of the molecule is O=C(c1ccccc1)C1CCN(CC2CCCCC2)CC1. The van der Waals surface area contributed by atoms with Crippen molar-refractivity contribution in [1.29, 1.82) is 0 Å². The first-order valence-corrected chi connectivity index (χ1v) is 8.64. The van der Waals surface area contributed by atoms with Crippen LogP contribution in [-0.4, -0.2) is 30.3 Å². The normalized spacial score (nSPS) is 22.3. The van der Waals surface area contributed by atoms with Gasteiger partial charge in [0.1, 0.15) is 0 Å². The molecular weight excluding hydrogens is 258 g/mol. The number of carbonyl (C=O) groups is 1. The van der Waals surface area contributed by atoms with Gasteiger partial charge in [0.25, 0.3) is 0 Å². The second-order valence-electron chi connectivity index (χ2n) is 6.81. The van der Waals surface area contributed by atoms with Crippen molar-refractivity contribution < 1.29 is 4.79 Å². The predicted molar refractivity (Wildman–Crippen MR) is 86.5 cm³/mol. The Hall–Kier alpha value is -1.15. The van der Waals surface area contributed by atoms with E-state index in [1.165, 1.54) is 38.6 Å². The van der Waals surface area contributed by atoms with Crippen LogP contribution in [0.1, 0.15) is 55.3 Å². The van der Waals surface area contributed by atoms with Crippen LogP contribution < -0.4 is 0 Å². The number of carbonyl (C=O) groups excluding carboxylic acids is 1. The van der Waals surface area contributed by atoms with Crippen molar-refractivity contribution in [2.45, 2.75) is 44.9 Å². The van der Waals surface area contributed by atoms with Crippen molar-refractivity contribution in [3.63, 3.8) is 0 Å². The summed E-state index contributed by atoms with van der Waals surface area (Å²) < 4.78 is 0. The highest BCUT2D eigenvalue weighted by Crippen LogP contribution is 2.27. The van der Waals surface area contributed by atoms with Gasteiger partial charge in [-0.05, 0) is 44.7 Å². The van der Waals surface area contributed by atoms with Crippen LogP contribution in [0.3, 0.4) is 0 Å². The van der Waals surface area contributed by atoms with Crippen molar-refractivity contribution >= 4 is 5.78 Å². The molecule has 1 heterocycles. The molecule has 0 bridgehead atoms. The van der Waals surface area contributed by atoms with E-state index in [0.29, 0.717) is 5.78 Å². The van der Waals surface area contributed by atoms with Crippen LogP contribution in [0.15, 0.2) is 30.3 Å². The fourth-order valence-electron chi connectivity index (χ4n) is 3.95. The van der Waals surface area contributed by atoms with Gasteiger partial charge in [-0.25, -0.2) is 0 Å². The van der Waals surface area contributed by atoms with Gasteiger partial charge in [0.15, 0.2) is 5.78 Å². The molecule has 0 radical (unpaired) electrons. The second kappa shape index (κ2) is 7.22. The molecule has 0 N–H and O–H groups in total. The Morgan fingerprint density at radius 1 is 0.952 bits per heavy atom. The number of nitrogens with zero attached hydrogens (tertiary/aromatic N) is 1. The standard InChI is InChI=1S/C19H27NO/c21-19(17-9-5-2-6-10-17)18-11-13-20(14-12-18)15-16-7-3-1-4-8-16/h2,5-6,9-10,16,18H,1,3-4,7-8,11-15H2. The molecule has 2 heteroatoms. The molecule has 1 saturated heterocycles. The smallest absolute Gasteiger partial charge is 0.166 e. The van der Waals surface area contributed by atoms with Crippen LogP contribution in [0.4, 0.5) is 0 Å². The van der Waals surface area contributed by atoms with Crippen molar-refractivity contribution in [3.8, 4) is 0 Å². The maximum atomic E-state index is 12.5. The van der Waals surface area contributed by atoms with Gasteiger partial charge in [0.2, 0.25) is 0 Å². The first-order valence-electron chi connectivity index (χ1n) is 8.64. The summed E-state index contributed by atoms with van der Waals surface area (Å²) in [5.74, 6) is 1.52. The summed E-state index contributed by atoms with van der Waals surface area (Å²) in [4.78, 5) is 15.1. The molecule has 0 atom stereocenters. The van der Waals surface area contributed by atoms with Crippen molar-refractivity contribution in [1.82, 2.24) is 4.90 Å². The van der Waals surface area contributed by atoms with Crippen LogP contribution in [0.5, 0.6) is 0 Å². The summed E-state index contributed by atoms with van der Waals surface area (Å²) >= 11 is 0. The molecule has 2 nitrogen and oxygen atoms in total. The number of hydrogen-bond donors (Lipinski definition) is 0. The van der Waals surface area contributed by atoms with Crippen molar-refractivity contribution in [3.05, 3.63) is 35.9 Å². The maximum absolute atomic E-state index is 12.5. The molecule has 21 heavy (non-hydrogen) atoms. The minimum atomic E-state index is 0.245. The lowest BCUT2D eigenvalue weighted by atomic mass is 9.86. The summed E-state index contributed by atoms with van der Waals surface area (Å²) in [7, 11) is 0. The zero-order valence-electron chi connectivity index (χ0n) is 13.0. The average Bonchev–Trinajstić information content (AvgIpc) is 2.57.